The molecule has 0 aliphatic rings. The number of ketones is 1. The normalized spacial score (nSPS) is 12.9. The van der Waals surface area contributed by atoms with Gasteiger partial charge in [0.2, 0.25) is 20.0 Å². The number of rotatable bonds is 12. The molecule has 2 aromatic rings. The summed E-state index contributed by atoms with van der Waals surface area (Å²) >= 11 is 0. The van der Waals surface area contributed by atoms with Crippen LogP contribution in [0.3, 0.4) is 0 Å². The number of hydrogen-bond acceptors (Lipinski definition) is 6. The van der Waals surface area contributed by atoms with E-state index in [0.29, 0.717) is 15.0 Å². The Kier molecular flexibility index (Phi) is 9.87. The Morgan fingerprint density at radius 2 is 1.26 bits per heavy atom. The molecule has 0 saturated carbocycles. The summed E-state index contributed by atoms with van der Waals surface area (Å²) in [6.45, 7) is 16.4. The zero-order chi connectivity index (χ0) is 29.1. The van der Waals surface area contributed by atoms with Gasteiger partial charge in [-0.2, -0.15) is 3.71 Å². The van der Waals surface area contributed by atoms with Crippen LogP contribution < -0.4 is 8.45 Å². The summed E-state index contributed by atoms with van der Waals surface area (Å²) in [5.74, 6) is 0.0357. The highest BCUT2D eigenvalue weighted by molar-refractivity contribution is 8.10. The first-order valence-corrected chi connectivity index (χ1v) is 16.4. The maximum absolute atomic E-state index is 12.8. The van der Waals surface area contributed by atoms with E-state index in [9.17, 15) is 21.6 Å². The Morgan fingerprint density at radius 1 is 0.789 bits per heavy atom. The summed E-state index contributed by atoms with van der Waals surface area (Å²) in [6.07, 6.45) is 1.54. The molecule has 9 heteroatoms. The van der Waals surface area contributed by atoms with Crippen molar-refractivity contribution >= 4 is 31.5 Å². The Morgan fingerprint density at radius 3 is 1.66 bits per heavy atom. The Bertz CT molecular complexity index is 1330. The Hall–Kier alpha value is -2.39. The second kappa shape index (κ2) is 11.8. The lowest BCUT2D eigenvalue weighted by molar-refractivity contribution is -0.128. The second-order valence-corrected chi connectivity index (χ2v) is 15.2. The molecule has 0 unspecified atom stereocenters. The van der Waals surface area contributed by atoms with E-state index in [4.69, 9.17) is 4.74 Å². The SMILES string of the molecule is CCC(CC)(c1ccc(OCC(=O)C(C)(C)C)c(C)c1)c1ccc(N(S(=O)(=O)CC)S(=O)(=O)CC)c(C)c1. The van der Waals surface area contributed by atoms with E-state index in [0.717, 1.165) is 29.5 Å². The van der Waals surface area contributed by atoms with Gasteiger partial charge in [-0.1, -0.05) is 58.9 Å². The highest BCUT2D eigenvalue weighted by Gasteiger charge is 2.35. The number of ether oxygens (including phenoxy) is 1. The first-order valence-electron chi connectivity index (χ1n) is 13.1. The van der Waals surface area contributed by atoms with Crippen molar-refractivity contribution in [2.24, 2.45) is 5.41 Å². The van der Waals surface area contributed by atoms with Crippen molar-refractivity contribution in [2.75, 3.05) is 21.8 Å². The van der Waals surface area contributed by atoms with Crippen molar-refractivity contribution in [3.05, 3.63) is 58.7 Å². The quantitative estimate of drug-likeness (QED) is 0.317. The van der Waals surface area contributed by atoms with Crippen LogP contribution in [0, 0.1) is 19.3 Å². The largest absolute Gasteiger partial charge is 0.486 e. The van der Waals surface area contributed by atoms with Crippen LogP contribution >= 0.6 is 0 Å². The molecular formula is C29H43NO6S2. The van der Waals surface area contributed by atoms with Crippen LogP contribution in [0.5, 0.6) is 5.75 Å². The maximum Gasteiger partial charge on any atom is 0.247 e. The number of sulfonamides is 2. The summed E-state index contributed by atoms with van der Waals surface area (Å²) in [5.41, 5.74) is 2.83. The predicted molar refractivity (Wildman–Crippen MR) is 155 cm³/mol. The molecule has 0 radical (unpaired) electrons. The standard InChI is InChI=1S/C29H43NO6S2/c1-10-29(11-2,24-15-17-26(22(6)19-24)36-20-27(31)28(7,8)9)23-14-16-25(21(5)18-23)30(37(32,33)12-3)38(34,35)13-4/h14-19H,10-13,20H2,1-9H3. The monoisotopic (exact) mass is 565 g/mol. The number of aryl methyl sites for hydroxylation is 2. The molecule has 0 aromatic heterocycles. The van der Waals surface area contributed by atoms with Crippen molar-refractivity contribution in [2.45, 2.75) is 80.6 Å². The second-order valence-electron chi connectivity index (χ2n) is 10.7. The maximum atomic E-state index is 12.8. The van der Waals surface area contributed by atoms with Gasteiger partial charge in [0.05, 0.1) is 17.2 Å². The van der Waals surface area contributed by atoms with Crippen molar-refractivity contribution < 1.29 is 26.4 Å². The van der Waals surface area contributed by atoms with Gasteiger partial charge in [-0.15, -0.1) is 0 Å². The summed E-state index contributed by atoms with van der Waals surface area (Å²) in [5, 5.41) is 0. The van der Waals surface area contributed by atoms with Crippen LogP contribution in [0.4, 0.5) is 5.69 Å². The third-order valence-electron chi connectivity index (χ3n) is 7.31. The van der Waals surface area contributed by atoms with Crippen LogP contribution in [0.15, 0.2) is 36.4 Å². The van der Waals surface area contributed by atoms with E-state index >= 15 is 0 Å². The predicted octanol–water partition coefficient (Wildman–Crippen LogP) is 5.91. The summed E-state index contributed by atoms with van der Waals surface area (Å²) in [6, 6.07) is 11.3. The summed E-state index contributed by atoms with van der Waals surface area (Å²) < 4.78 is 57.7. The lowest BCUT2D eigenvalue weighted by Gasteiger charge is -2.35. The molecule has 0 bridgehead atoms. The van der Waals surface area contributed by atoms with Crippen molar-refractivity contribution in [3.8, 4) is 5.75 Å². The van der Waals surface area contributed by atoms with Crippen LogP contribution in [-0.4, -0.2) is 40.7 Å². The minimum absolute atomic E-state index is 0.00881. The molecule has 0 aliphatic carbocycles. The molecule has 7 nitrogen and oxygen atoms in total. The molecule has 0 saturated heterocycles. The van der Waals surface area contributed by atoms with Gasteiger partial charge in [0.25, 0.3) is 0 Å². The molecule has 212 valence electrons. The number of carbonyl (C=O) groups is 1. The lowest BCUT2D eigenvalue weighted by atomic mass is 9.70. The zero-order valence-electron chi connectivity index (χ0n) is 24.2. The molecule has 0 heterocycles. The van der Waals surface area contributed by atoms with Gasteiger partial charge in [-0.25, -0.2) is 16.8 Å². The molecule has 0 amide bonds. The van der Waals surface area contributed by atoms with E-state index < -0.39 is 25.5 Å². The highest BCUT2D eigenvalue weighted by atomic mass is 32.3. The average Bonchev–Trinajstić information content (AvgIpc) is 2.85. The van der Waals surface area contributed by atoms with Gasteiger partial charge >= 0.3 is 0 Å². The first kappa shape index (κ1) is 31.8. The van der Waals surface area contributed by atoms with Crippen molar-refractivity contribution in [3.63, 3.8) is 0 Å². The fourth-order valence-electron chi connectivity index (χ4n) is 4.57. The fraction of sp³-hybridized carbons (Fsp3) is 0.552. The molecule has 2 aromatic carbocycles. The molecule has 0 atom stereocenters. The molecule has 0 N–H and O–H groups in total. The minimum Gasteiger partial charge on any atom is -0.486 e. The van der Waals surface area contributed by atoms with E-state index in [1.165, 1.54) is 13.8 Å². The molecule has 2 rings (SSSR count). The summed E-state index contributed by atoms with van der Waals surface area (Å²) in [7, 11) is -8.08. The highest BCUT2D eigenvalue weighted by Crippen LogP contribution is 2.42. The lowest BCUT2D eigenvalue weighted by Crippen LogP contribution is -2.39. The Labute approximate surface area is 229 Å². The van der Waals surface area contributed by atoms with Crippen molar-refractivity contribution in [1.82, 2.24) is 0 Å². The van der Waals surface area contributed by atoms with Gasteiger partial charge in [-0.05, 0) is 74.9 Å². The number of Topliss-reactive ketones (excluding diaryl/α,β-unsaturated/α-hetero) is 1. The van der Waals surface area contributed by atoms with E-state index in [1.807, 2.05) is 52.0 Å². The number of anilines is 1. The van der Waals surface area contributed by atoms with E-state index in [1.54, 1.807) is 13.0 Å². The van der Waals surface area contributed by atoms with Crippen LogP contribution in [0.2, 0.25) is 0 Å². The van der Waals surface area contributed by atoms with Gasteiger partial charge in [0.1, 0.15) is 12.4 Å². The first-order chi connectivity index (χ1) is 17.5. The molecule has 0 spiro atoms. The van der Waals surface area contributed by atoms with Gasteiger partial charge < -0.3 is 4.74 Å². The summed E-state index contributed by atoms with van der Waals surface area (Å²) in [4.78, 5) is 12.3. The van der Waals surface area contributed by atoms with Gasteiger partial charge in [0, 0.05) is 10.8 Å². The number of nitrogens with zero attached hydrogens (tertiary/aromatic N) is 1. The van der Waals surface area contributed by atoms with Gasteiger partial charge in [-0.3, -0.25) is 4.79 Å². The van der Waals surface area contributed by atoms with E-state index in [2.05, 4.69) is 19.9 Å². The topological polar surface area (TPSA) is 97.8 Å². The zero-order valence-corrected chi connectivity index (χ0v) is 25.8. The molecule has 38 heavy (non-hydrogen) atoms. The van der Waals surface area contributed by atoms with Gasteiger partial charge in [0.15, 0.2) is 5.78 Å². The molecule has 0 aliphatic heterocycles. The molecular weight excluding hydrogens is 522 g/mol. The fourth-order valence-corrected chi connectivity index (χ4v) is 8.06. The minimum atomic E-state index is -4.04. The number of benzene rings is 2. The van der Waals surface area contributed by atoms with Crippen LogP contribution in [0.25, 0.3) is 0 Å². The van der Waals surface area contributed by atoms with Crippen LogP contribution in [-0.2, 0) is 30.3 Å². The average molecular weight is 566 g/mol. The Balaban J connectivity index is 2.57. The van der Waals surface area contributed by atoms with E-state index in [-0.39, 0.29) is 35.0 Å². The van der Waals surface area contributed by atoms with Crippen molar-refractivity contribution in [1.29, 1.82) is 0 Å². The third-order valence-corrected chi connectivity index (χ3v) is 11.5. The third kappa shape index (κ3) is 6.42. The number of hydrogen-bond donors (Lipinski definition) is 0. The number of carbonyl (C=O) groups excluding carboxylic acids is 1. The molecule has 0 fully saturated rings. The van der Waals surface area contributed by atoms with Crippen LogP contribution in [0.1, 0.15) is 83.6 Å². The smallest absolute Gasteiger partial charge is 0.247 e.